The molecule has 1 aliphatic carbocycles. The van der Waals surface area contributed by atoms with E-state index in [0.717, 1.165) is 12.8 Å². The molecule has 20 heavy (non-hydrogen) atoms. The van der Waals surface area contributed by atoms with E-state index in [1.165, 1.54) is 37.1 Å². The third kappa shape index (κ3) is 1.94. The van der Waals surface area contributed by atoms with E-state index in [0.29, 0.717) is 14.5 Å². The molecular weight excluding hydrogens is 311 g/mol. The second-order valence-electron chi connectivity index (χ2n) is 5.15. The van der Waals surface area contributed by atoms with Gasteiger partial charge in [0.25, 0.3) is 0 Å². The fraction of sp³-hybridized carbons (Fsp3) is 0.176. The predicted molar refractivity (Wildman–Crippen MR) is 82.0 cm³/mol. The SMILES string of the molecule is Cc1ccc(-c2nc3c([se]2)CCc2ncccc2-3)cc1. The Bertz CT molecular complexity index is 772. The average Bonchev–Trinajstić information content (AvgIpc) is 2.92. The minimum absolute atomic E-state index is 0.373. The number of aromatic nitrogens is 2. The first-order valence-electron chi connectivity index (χ1n) is 6.82. The maximum absolute atomic E-state index is 4.94. The summed E-state index contributed by atoms with van der Waals surface area (Å²) < 4.78 is 2.80. The molecule has 4 rings (SSSR count). The first-order valence-corrected chi connectivity index (χ1v) is 8.53. The molecule has 2 nitrogen and oxygen atoms in total. The number of pyridine rings is 1. The Morgan fingerprint density at radius 2 is 1.90 bits per heavy atom. The van der Waals surface area contributed by atoms with Gasteiger partial charge in [-0.2, -0.15) is 0 Å². The van der Waals surface area contributed by atoms with E-state index in [-0.39, 0.29) is 0 Å². The van der Waals surface area contributed by atoms with Gasteiger partial charge in [-0.3, -0.25) is 0 Å². The van der Waals surface area contributed by atoms with Gasteiger partial charge >= 0.3 is 124 Å². The van der Waals surface area contributed by atoms with Gasteiger partial charge in [-0.05, 0) is 0 Å². The van der Waals surface area contributed by atoms with Crippen molar-refractivity contribution in [1.29, 1.82) is 0 Å². The molecule has 98 valence electrons. The molecule has 0 bridgehead atoms. The number of nitrogens with zero attached hydrogens (tertiary/aromatic N) is 2. The van der Waals surface area contributed by atoms with Gasteiger partial charge in [0.2, 0.25) is 0 Å². The van der Waals surface area contributed by atoms with Crippen LogP contribution in [0.2, 0.25) is 0 Å². The molecule has 0 spiro atoms. The molecule has 0 atom stereocenters. The number of hydrogen-bond donors (Lipinski definition) is 0. The molecule has 1 aromatic carbocycles. The van der Waals surface area contributed by atoms with Crippen molar-refractivity contribution in [2.75, 3.05) is 0 Å². The standard InChI is InChI=1S/C17H14N2Se/c1-11-4-6-12(7-5-11)17-19-16-13-3-2-10-18-14(13)8-9-15(16)20-17/h2-7,10H,8-9H2,1H3. The third-order valence-corrected chi connectivity index (χ3v) is 6.17. The second-order valence-corrected chi connectivity index (χ2v) is 7.43. The molecule has 0 N–H and O–H groups in total. The van der Waals surface area contributed by atoms with Crippen LogP contribution in [0.3, 0.4) is 0 Å². The number of hydrogen-bond acceptors (Lipinski definition) is 2. The van der Waals surface area contributed by atoms with Crippen LogP contribution in [0.15, 0.2) is 42.6 Å². The van der Waals surface area contributed by atoms with E-state index < -0.39 is 0 Å². The number of fused-ring (bicyclic) bond motifs is 3. The monoisotopic (exact) mass is 326 g/mol. The van der Waals surface area contributed by atoms with Gasteiger partial charge in [0.05, 0.1) is 0 Å². The van der Waals surface area contributed by atoms with Crippen LogP contribution >= 0.6 is 0 Å². The van der Waals surface area contributed by atoms with Gasteiger partial charge in [0.1, 0.15) is 0 Å². The second kappa shape index (κ2) is 4.69. The van der Waals surface area contributed by atoms with Crippen molar-refractivity contribution in [2.45, 2.75) is 19.8 Å². The molecule has 0 fully saturated rings. The van der Waals surface area contributed by atoms with E-state index in [4.69, 9.17) is 4.98 Å². The Morgan fingerprint density at radius 3 is 2.75 bits per heavy atom. The topological polar surface area (TPSA) is 25.8 Å². The van der Waals surface area contributed by atoms with Crippen molar-refractivity contribution < 1.29 is 0 Å². The van der Waals surface area contributed by atoms with Crippen molar-refractivity contribution in [3.8, 4) is 21.4 Å². The Balaban J connectivity index is 1.84. The molecule has 3 aromatic rings. The van der Waals surface area contributed by atoms with Gasteiger partial charge in [0.15, 0.2) is 0 Å². The van der Waals surface area contributed by atoms with Crippen LogP contribution in [-0.4, -0.2) is 24.5 Å². The summed E-state index contributed by atoms with van der Waals surface area (Å²) in [5.74, 6) is 0. The molecule has 0 radical (unpaired) electrons. The first-order chi connectivity index (χ1) is 9.81. The Labute approximate surface area is 124 Å². The third-order valence-electron chi connectivity index (χ3n) is 3.73. The molecule has 0 unspecified atom stereocenters. The van der Waals surface area contributed by atoms with Gasteiger partial charge in [-0.25, -0.2) is 0 Å². The maximum atomic E-state index is 4.94. The molecule has 2 aromatic heterocycles. The number of benzene rings is 1. The molecular formula is C17H14N2Se. The molecule has 0 saturated carbocycles. The van der Waals surface area contributed by atoms with Gasteiger partial charge < -0.3 is 0 Å². The van der Waals surface area contributed by atoms with Gasteiger partial charge in [-0.1, -0.05) is 0 Å². The predicted octanol–water partition coefficient (Wildman–Crippen LogP) is 3.27. The number of rotatable bonds is 1. The van der Waals surface area contributed by atoms with Crippen LogP contribution < -0.4 is 0 Å². The van der Waals surface area contributed by atoms with Crippen LogP contribution in [0.4, 0.5) is 0 Å². The van der Waals surface area contributed by atoms with E-state index in [1.807, 2.05) is 12.3 Å². The fourth-order valence-electron chi connectivity index (χ4n) is 2.64. The summed E-state index contributed by atoms with van der Waals surface area (Å²) in [6.07, 6.45) is 4.07. The van der Waals surface area contributed by atoms with Crippen molar-refractivity contribution in [1.82, 2.24) is 9.97 Å². The Morgan fingerprint density at radius 1 is 1.05 bits per heavy atom. The van der Waals surface area contributed by atoms with E-state index in [1.54, 1.807) is 0 Å². The van der Waals surface area contributed by atoms with E-state index in [9.17, 15) is 0 Å². The summed E-state index contributed by atoms with van der Waals surface area (Å²) in [5.41, 5.74) is 6.23. The van der Waals surface area contributed by atoms with Crippen LogP contribution in [0, 0.1) is 6.92 Å². The normalized spacial score (nSPS) is 12.8. The molecule has 1 aliphatic rings. The quantitative estimate of drug-likeness (QED) is 0.642. The zero-order valence-corrected chi connectivity index (χ0v) is 13.0. The molecule has 2 heterocycles. The Hall–Kier alpha value is -1.70. The van der Waals surface area contributed by atoms with E-state index >= 15 is 0 Å². The van der Waals surface area contributed by atoms with Crippen molar-refractivity contribution >= 4 is 14.5 Å². The van der Waals surface area contributed by atoms with Crippen molar-refractivity contribution in [2.24, 2.45) is 0 Å². The van der Waals surface area contributed by atoms with Crippen LogP contribution in [-0.2, 0) is 12.8 Å². The Kier molecular flexibility index (Phi) is 2.83. The molecule has 0 aliphatic heterocycles. The summed E-state index contributed by atoms with van der Waals surface area (Å²) in [6.45, 7) is 2.12. The number of aryl methyl sites for hydroxylation is 3. The van der Waals surface area contributed by atoms with Crippen molar-refractivity contribution in [3.05, 3.63) is 58.3 Å². The first kappa shape index (κ1) is 12.1. The zero-order valence-electron chi connectivity index (χ0n) is 11.3. The van der Waals surface area contributed by atoms with Crippen LogP contribution in [0.1, 0.15) is 15.7 Å². The van der Waals surface area contributed by atoms with Gasteiger partial charge in [0, 0.05) is 0 Å². The summed E-state index contributed by atoms with van der Waals surface area (Å²) in [6, 6.07) is 12.9. The average molecular weight is 325 g/mol. The van der Waals surface area contributed by atoms with Crippen LogP contribution in [0.25, 0.3) is 21.4 Å². The van der Waals surface area contributed by atoms with Crippen LogP contribution in [0.5, 0.6) is 0 Å². The minimum atomic E-state index is 0.373. The molecule has 0 amide bonds. The summed E-state index contributed by atoms with van der Waals surface area (Å²) in [4.78, 5) is 9.43. The molecule has 3 heteroatoms. The fourth-order valence-corrected chi connectivity index (χ4v) is 4.90. The summed E-state index contributed by atoms with van der Waals surface area (Å²) in [5, 5.41) is 0. The zero-order chi connectivity index (χ0) is 13.5. The van der Waals surface area contributed by atoms with Gasteiger partial charge in [-0.15, -0.1) is 0 Å². The van der Waals surface area contributed by atoms with Crippen molar-refractivity contribution in [3.63, 3.8) is 0 Å². The van der Waals surface area contributed by atoms with E-state index in [2.05, 4.69) is 42.2 Å². The summed E-state index contributed by atoms with van der Waals surface area (Å²) >= 11 is 0.373. The molecule has 0 saturated heterocycles. The summed E-state index contributed by atoms with van der Waals surface area (Å²) in [7, 11) is 0.